The van der Waals surface area contributed by atoms with E-state index in [4.69, 9.17) is 0 Å². The first-order valence-electron chi connectivity index (χ1n) is 3.11. The molecule has 0 unspecified atom stereocenters. The van der Waals surface area contributed by atoms with Crippen LogP contribution in [0.25, 0.3) is 0 Å². The number of amides is 1. The number of carbonyl (C=O) groups excluding carboxylic acids is 1. The van der Waals surface area contributed by atoms with E-state index in [1.807, 2.05) is 0 Å². The molecular weight excluding hydrogens is 130 g/mol. The largest absolute Gasteiger partial charge is 0.354 e. The molecule has 0 bridgehead atoms. The van der Waals surface area contributed by atoms with E-state index in [9.17, 15) is 4.79 Å². The summed E-state index contributed by atoms with van der Waals surface area (Å²) in [6, 6.07) is 0. The van der Waals surface area contributed by atoms with E-state index in [1.165, 1.54) is 6.21 Å². The van der Waals surface area contributed by atoms with Crippen LogP contribution >= 0.6 is 0 Å². The third-order valence-electron chi connectivity index (χ3n) is 1.18. The van der Waals surface area contributed by atoms with E-state index in [0.29, 0.717) is 18.8 Å². The fourth-order valence-corrected chi connectivity index (χ4v) is 0.679. The first-order chi connectivity index (χ1) is 4.84. The predicted octanol–water partition coefficient (Wildman–Crippen LogP) is -0.496. The van der Waals surface area contributed by atoms with Crippen LogP contribution in [0.3, 0.4) is 0 Å². The van der Waals surface area contributed by atoms with Gasteiger partial charge in [0.2, 0.25) is 0 Å². The van der Waals surface area contributed by atoms with Gasteiger partial charge < -0.3 is 5.32 Å². The van der Waals surface area contributed by atoms with E-state index in [2.05, 4.69) is 15.3 Å². The molecule has 1 heterocycles. The van der Waals surface area contributed by atoms with Crippen molar-refractivity contribution >= 4 is 17.8 Å². The first-order valence-corrected chi connectivity index (χ1v) is 3.11. The Bertz CT molecular complexity index is 200. The minimum atomic E-state index is -0.163. The minimum absolute atomic E-state index is 0. The molecule has 0 saturated carbocycles. The van der Waals surface area contributed by atoms with Crippen LogP contribution in [0, 0.1) is 0 Å². The molecule has 1 amide bonds. The van der Waals surface area contributed by atoms with Gasteiger partial charge in [0.15, 0.2) is 0 Å². The van der Waals surface area contributed by atoms with Crippen LogP contribution in [0.2, 0.25) is 0 Å². The highest BCUT2D eigenvalue weighted by Gasteiger charge is 2.07. The fraction of sp³-hybridized carbons (Fsp3) is 0.500. The average Bonchev–Trinajstić information content (AvgIpc) is 2.05. The third kappa shape index (κ3) is 1.40. The van der Waals surface area contributed by atoms with Crippen molar-refractivity contribution in [2.24, 2.45) is 9.98 Å². The van der Waals surface area contributed by atoms with Gasteiger partial charge in [-0.05, 0) is 0 Å². The van der Waals surface area contributed by atoms with Crippen LogP contribution < -0.4 is 5.32 Å². The van der Waals surface area contributed by atoms with E-state index < -0.39 is 0 Å². The van der Waals surface area contributed by atoms with Gasteiger partial charge in [0, 0.05) is 8.47 Å². The van der Waals surface area contributed by atoms with Crippen molar-refractivity contribution in [3.63, 3.8) is 0 Å². The lowest BCUT2D eigenvalue weighted by Crippen LogP contribution is -2.30. The molecule has 0 aromatic carbocycles. The summed E-state index contributed by atoms with van der Waals surface area (Å²) in [6.07, 6.45) is 1.50. The van der Waals surface area contributed by atoms with Crippen molar-refractivity contribution in [2.75, 3.05) is 20.1 Å². The molecular formula is C6H11N3O. The smallest absolute Gasteiger partial charge is 0.270 e. The summed E-state index contributed by atoms with van der Waals surface area (Å²) in [6.45, 7) is 1.32. The molecule has 0 fully saturated rings. The molecule has 56 valence electrons. The summed E-state index contributed by atoms with van der Waals surface area (Å²) in [7, 11) is 1.58. The normalized spacial score (nSPS) is 16.3. The Morgan fingerprint density at radius 2 is 2.60 bits per heavy atom. The molecule has 0 aliphatic carbocycles. The summed E-state index contributed by atoms with van der Waals surface area (Å²) in [5.41, 5.74) is 0.425. The van der Waals surface area contributed by atoms with Crippen LogP contribution in [0.5, 0.6) is 0 Å². The molecule has 0 aromatic rings. The number of nitrogens with zero attached hydrogens (tertiary/aromatic N) is 2. The van der Waals surface area contributed by atoms with Gasteiger partial charge in [-0.3, -0.25) is 14.8 Å². The zero-order chi connectivity index (χ0) is 7.40. The summed E-state index contributed by atoms with van der Waals surface area (Å²) in [4.78, 5) is 18.7. The molecule has 0 radical (unpaired) electrons. The van der Waals surface area contributed by atoms with E-state index in [0.717, 1.165) is 0 Å². The zero-order valence-corrected chi connectivity index (χ0v) is 5.79. The highest BCUT2D eigenvalue weighted by molar-refractivity contribution is 6.60. The Morgan fingerprint density at radius 3 is 3.10 bits per heavy atom. The minimum Gasteiger partial charge on any atom is -0.354 e. The second-order valence-electron chi connectivity index (χ2n) is 1.88. The van der Waals surface area contributed by atoms with Crippen molar-refractivity contribution in [1.29, 1.82) is 0 Å². The molecule has 0 spiro atoms. The Balaban J connectivity index is 0.000001000. The predicted molar refractivity (Wildman–Crippen MR) is 41.8 cm³/mol. The Labute approximate surface area is 60.5 Å². The van der Waals surface area contributed by atoms with Crippen molar-refractivity contribution in [3.05, 3.63) is 0 Å². The van der Waals surface area contributed by atoms with Crippen molar-refractivity contribution in [1.82, 2.24) is 5.32 Å². The number of hydrogen-bond acceptors (Lipinski definition) is 3. The Kier molecular flexibility index (Phi) is 2.15. The topological polar surface area (TPSA) is 53.8 Å². The molecule has 0 aromatic heterocycles. The summed E-state index contributed by atoms with van der Waals surface area (Å²) >= 11 is 0. The lowest BCUT2D eigenvalue weighted by atomic mass is 10.3. The van der Waals surface area contributed by atoms with Gasteiger partial charge in [-0.15, -0.1) is 0 Å². The third-order valence-corrected chi connectivity index (χ3v) is 1.18. The first kappa shape index (κ1) is 6.92. The second kappa shape index (κ2) is 3.10. The van der Waals surface area contributed by atoms with Crippen LogP contribution in [0.1, 0.15) is 1.43 Å². The number of carbonyl (C=O) groups is 1. The molecule has 4 heteroatoms. The standard InChI is InChI=1S/C6H9N3O.H2/c1-7-6(10)5-4-8-2-3-9-5;/h4H,2-3H2,1H3,(H,7,10);1H. The summed E-state index contributed by atoms with van der Waals surface area (Å²) < 4.78 is 0. The zero-order valence-electron chi connectivity index (χ0n) is 5.79. The number of aliphatic imine (C=N–C) groups is 2. The Morgan fingerprint density at radius 1 is 1.80 bits per heavy atom. The van der Waals surface area contributed by atoms with Crippen molar-refractivity contribution in [2.45, 2.75) is 0 Å². The van der Waals surface area contributed by atoms with Crippen LogP contribution in [0.4, 0.5) is 0 Å². The summed E-state index contributed by atoms with van der Waals surface area (Å²) in [5.74, 6) is -0.163. The molecule has 0 saturated heterocycles. The maximum atomic E-state index is 10.8. The lowest BCUT2D eigenvalue weighted by Gasteiger charge is -2.02. The van der Waals surface area contributed by atoms with E-state index >= 15 is 0 Å². The Hall–Kier alpha value is -1.19. The molecule has 4 nitrogen and oxygen atoms in total. The van der Waals surface area contributed by atoms with E-state index in [-0.39, 0.29) is 7.33 Å². The monoisotopic (exact) mass is 141 g/mol. The quantitative estimate of drug-likeness (QED) is 0.526. The van der Waals surface area contributed by atoms with Gasteiger partial charge in [-0.2, -0.15) is 0 Å². The number of nitrogens with one attached hydrogen (secondary N) is 1. The second-order valence-corrected chi connectivity index (χ2v) is 1.88. The molecule has 1 aliphatic heterocycles. The van der Waals surface area contributed by atoms with Gasteiger partial charge >= 0.3 is 0 Å². The van der Waals surface area contributed by atoms with Gasteiger partial charge in [-0.1, -0.05) is 0 Å². The average molecular weight is 141 g/mol. The number of hydrogen-bond donors (Lipinski definition) is 1. The van der Waals surface area contributed by atoms with Gasteiger partial charge in [0.05, 0.1) is 19.3 Å². The van der Waals surface area contributed by atoms with Crippen LogP contribution in [-0.2, 0) is 4.79 Å². The van der Waals surface area contributed by atoms with Gasteiger partial charge in [-0.25, -0.2) is 0 Å². The van der Waals surface area contributed by atoms with Gasteiger partial charge in [0.25, 0.3) is 5.91 Å². The highest BCUT2D eigenvalue weighted by Crippen LogP contribution is 1.85. The molecule has 10 heavy (non-hydrogen) atoms. The lowest BCUT2D eigenvalue weighted by molar-refractivity contribution is -0.114. The van der Waals surface area contributed by atoms with Gasteiger partial charge in [0.1, 0.15) is 5.71 Å². The fourth-order valence-electron chi connectivity index (χ4n) is 0.679. The maximum Gasteiger partial charge on any atom is 0.270 e. The number of rotatable bonds is 1. The van der Waals surface area contributed by atoms with Crippen LogP contribution in [0.15, 0.2) is 9.98 Å². The molecule has 1 aliphatic rings. The van der Waals surface area contributed by atoms with Crippen LogP contribution in [-0.4, -0.2) is 38.0 Å². The molecule has 1 N–H and O–H groups in total. The SMILES string of the molecule is CNC(=O)C1=NCCN=C1.[HH]. The van der Waals surface area contributed by atoms with Crippen molar-refractivity contribution in [3.8, 4) is 0 Å². The molecule has 0 atom stereocenters. The molecule has 1 rings (SSSR count). The maximum absolute atomic E-state index is 10.8. The summed E-state index contributed by atoms with van der Waals surface area (Å²) in [5, 5.41) is 2.47. The van der Waals surface area contributed by atoms with Crippen molar-refractivity contribution < 1.29 is 6.22 Å². The highest BCUT2D eigenvalue weighted by atomic mass is 16.1. The van der Waals surface area contributed by atoms with E-state index in [1.54, 1.807) is 7.05 Å².